The lowest BCUT2D eigenvalue weighted by Gasteiger charge is -2.12. The average Bonchev–Trinajstić information content (AvgIpc) is 2.84. The average molecular weight is 290 g/mol. The molecule has 1 aromatic heterocycles. The maximum Gasteiger partial charge on any atom is 0.237 e. The van der Waals surface area contributed by atoms with E-state index < -0.39 is 6.04 Å². The van der Waals surface area contributed by atoms with Gasteiger partial charge in [-0.1, -0.05) is 12.1 Å². The Bertz CT molecular complexity index is 578. The van der Waals surface area contributed by atoms with Crippen molar-refractivity contribution in [2.45, 2.75) is 25.9 Å². The summed E-state index contributed by atoms with van der Waals surface area (Å²) in [4.78, 5) is 14.3. The minimum atomic E-state index is -0.583. The zero-order valence-electron chi connectivity index (χ0n) is 11.3. The molecular formula is C15H18N2O2S. The molecule has 0 saturated carbocycles. The van der Waals surface area contributed by atoms with Crippen LogP contribution in [0.25, 0.3) is 0 Å². The minimum Gasteiger partial charge on any atom is -0.508 e. The van der Waals surface area contributed by atoms with Crippen LogP contribution in [0, 0.1) is 6.92 Å². The van der Waals surface area contributed by atoms with Crippen LogP contribution in [-0.2, 0) is 17.8 Å². The van der Waals surface area contributed by atoms with Crippen LogP contribution in [0.4, 0.5) is 0 Å². The van der Waals surface area contributed by atoms with Crippen molar-refractivity contribution in [3.63, 3.8) is 0 Å². The zero-order valence-corrected chi connectivity index (χ0v) is 12.1. The third-order valence-electron chi connectivity index (χ3n) is 2.96. The van der Waals surface area contributed by atoms with Crippen LogP contribution in [0.2, 0.25) is 0 Å². The van der Waals surface area contributed by atoms with E-state index in [1.165, 1.54) is 4.88 Å². The van der Waals surface area contributed by atoms with Crippen LogP contribution in [0.3, 0.4) is 0 Å². The molecule has 0 saturated heterocycles. The lowest BCUT2D eigenvalue weighted by Crippen LogP contribution is -2.41. The van der Waals surface area contributed by atoms with Gasteiger partial charge in [0.25, 0.3) is 0 Å². The van der Waals surface area contributed by atoms with Crippen LogP contribution in [0.1, 0.15) is 15.3 Å². The molecule has 20 heavy (non-hydrogen) atoms. The molecule has 0 unspecified atom stereocenters. The summed E-state index contributed by atoms with van der Waals surface area (Å²) in [5.41, 5.74) is 6.81. The Balaban J connectivity index is 1.84. The Morgan fingerprint density at radius 1 is 1.30 bits per heavy atom. The van der Waals surface area contributed by atoms with Crippen molar-refractivity contribution in [1.29, 1.82) is 0 Å². The van der Waals surface area contributed by atoms with Gasteiger partial charge in [-0.2, -0.15) is 0 Å². The molecule has 0 aliphatic rings. The first-order valence-electron chi connectivity index (χ1n) is 6.41. The second-order valence-electron chi connectivity index (χ2n) is 4.71. The third-order valence-corrected chi connectivity index (χ3v) is 3.96. The molecule has 0 spiro atoms. The second-order valence-corrected chi connectivity index (χ2v) is 6.08. The van der Waals surface area contributed by atoms with Gasteiger partial charge in [0, 0.05) is 9.75 Å². The quantitative estimate of drug-likeness (QED) is 0.788. The van der Waals surface area contributed by atoms with Crippen LogP contribution in [0.15, 0.2) is 36.4 Å². The van der Waals surface area contributed by atoms with Crippen LogP contribution < -0.4 is 11.1 Å². The lowest BCUT2D eigenvalue weighted by atomic mass is 10.1. The minimum absolute atomic E-state index is 0.163. The molecule has 0 fully saturated rings. The summed E-state index contributed by atoms with van der Waals surface area (Å²) in [6.45, 7) is 2.55. The van der Waals surface area contributed by atoms with Gasteiger partial charge in [0.2, 0.25) is 5.91 Å². The van der Waals surface area contributed by atoms with E-state index in [9.17, 15) is 9.90 Å². The van der Waals surface area contributed by atoms with E-state index in [1.54, 1.807) is 35.6 Å². The van der Waals surface area contributed by atoms with Crippen LogP contribution in [0.5, 0.6) is 5.75 Å². The first-order valence-corrected chi connectivity index (χ1v) is 7.23. The Kier molecular flexibility index (Phi) is 4.76. The number of aromatic hydroxyl groups is 1. The number of carbonyl (C=O) groups excluding carboxylic acids is 1. The number of benzene rings is 1. The highest BCUT2D eigenvalue weighted by Crippen LogP contribution is 2.14. The normalized spacial score (nSPS) is 12.1. The van der Waals surface area contributed by atoms with Gasteiger partial charge in [0.15, 0.2) is 0 Å². The van der Waals surface area contributed by atoms with Gasteiger partial charge >= 0.3 is 0 Å². The predicted octanol–water partition coefficient (Wildman–Crippen LogP) is 1.95. The van der Waals surface area contributed by atoms with Crippen molar-refractivity contribution in [1.82, 2.24) is 5.32 Å². The number of phenols is 1. The first-order chi connectivity index (χ1) is 9.54. The molecule has 4 N–H and O–H groups in total. The molecular weight excluding hydrogens is 272 g/mol. The second kappa shape index (κ2) is 6.54. The van der Waals surface area contributed by atoms with Crippen molar-refractivity contribution in [3.05, 3.63) is 51.7 Å². The van der Waals surface area contributed by atoms with E-state index in [-0.39, 0.29) is 11.7 Å². The number of aryl methyl sites for hydroxylation is 1. The molecule has 1 aromatic carbocycles. The predicted molar refractivity (Wildman–Crippen MR) is 80.7 cm³/mol. The maximum absolute atomic E-state index is 11.9. The fraction of sp³-hybridized carbons (Fsp3) is 0.267. The summed E-state index contributed by atoms with van der Waals surface area (Å²) in [7, 11) is 0. The number of hydrogen-bond acceptors (Lipinski definition) is 4. The molecule has 5 heteroatoms. The monoisotopic (exact) mass is 290 g/mol. The van der Waals surface area contributed by atoms with E-state index in [1.807, 2.05) is 19.1 Å². The van der Waals surface area contributed by atoms with Gasteiger partial charge in [-0.25, -0.2) is 0 Å². The molecule has 0 bridgehead atoms. The van der Waals surface area contributed by atoms with Crippen molar-refractivity contribution < 1.29 is 9.90 Å². The smallest absolute Gasteiger partial charge is 0.237 e. The molecule has 4 nitrogen and oxygen atoms in total. The molecule has 0 aliphatic carbocycles. The van der Waals surface area contributed by atoms with E-state index in [2.05, 4.69) is 5.32 Å². The Labute approximate surface area is 122 Å². The Hall–Kier alpha value is -1.85. The van der Waals surface area contributed by atoms with Crippen LogP contribution >= 0.6 is 11.3 Å². The molecule has 1 heterocycles. The molecule has 2 aromatic rings. The molecule has 2 rings (SSSR count). The molecule has 1 atom stereocenters. The lowest BCUT2D eigenvalue weighted by molar-refractivity contribution is -0.122. The summed E-state index contributed by atoms with van der Waals surface area (Å²) in [5.74, 6) is 0.0453. The summed E-state index contributed by atoms with van der Waals surface area (Å²) >= 11 is 1.66. The highest BCUT2D eigenvalue weighted by molar-refractivity contribution is 7.11. The zero-order chi connectivity index (χ0) is 14.5. The highest BCUT2D eigenvalue weighted by atomic mass is 32.1. The summed E-state index contributed by atoms with van der Waals surface area (Å²) in [6.07, 6.45) is 0.454. The molecule has 106 valence electrons. The number of rotatable bonds is 5. The SMILES string of the molecule is Cc1ccc(CNC(=O)[C@@H](N)Cc2ccc(O)cc2)s1. The fourth-order valence-electron chi connectivity index (χ4n) is 1.86. The Morgan fingerprint density at radius 3 is 2.60 bits per heavy atom. The van der Waals surface area contributed by atoms with E-state index in [0.29, 0.717) is 13.0 Å². The maximum atomic E-state index is 11.9. The van der Waals surface area contributed by atoms with E-state index in [0.717, 1.165) is 10.4 Å². The number of phenolic OH excluding ortho intramolecular Hbond substituents is 1. The van der Waals surface area contributed by atoms with Gasteiger partial charge in [-0.3, -0.25) is 4.79 Å². The number of nitrogens with one attached hydrogen (secondary N) is 1. The molecule has 1 amide bonds. The van der Waals surface area contributed by atoms with Gasteiger partial charge in [0.05, 0.1) is 12.6 Å². The van der Waals surface area contributed by atoms with Crippen molar-refractivity contribution >= 4 is 17.2 Å². The highest BCUT2D eigenvalue weighted by Gasteiger charge is 2.14. The van der Waals surface area contributed by atoms with Gasteiger partial charge in [0.1, 0.15) is 5.75 Å². The molecule has 0 radical (unpaired) electrons. The number of amides is 1. The van der Waals surface area contributed by atoms with Crippen LogP contribution in [-0.4, -0.2) is 17.1 Å². The van der Waals surface area contributed by atoms with Gasteiger partial charge < -0.3 is 16.2 Å². The Morgan fingerprint density at radius 2 is 2.00 bits per heavy atom. The largest absolute Gasteiger partial charge is 0.508 e. The van der Waals surface area contributed by atoms with Gasteiger partial charge in [-0.15, -0.1) is 11.3 Å². The summed E-state index contributed by atoms with van der Waals surface area (Å²) in [5, 5.41) is 12.0. The third kappa shape index (κ3) is 4.08. The van der Waals surface area contributed by atoms with E-state index in [4.69, 9.17) is 5.73 Å². The number of hydrogen-bond donors (Lipinski definition) is 3. The van der Waals surface area contributed by atoms with Gasteiger partial charge in [-0.05, 0) is 43.2 Å². The first kappa shape index (κ1) is 14.6. The summed E-state index contributed by atoms with van der Waals surface area (Å²) in [6, 6.07) is 10.2. The number of nitrogens with two attached hydrogens (primary N) is 1. The number of thiophene rings is 1. The molecule has 0 aliphatic heterocycles. The number of carbonyl (C=O) groups is 1. The standard InChI is InChI=1S/C15H18N2O2S/c1-10-2-7-13(20-10)9-17-15(19)14(16)8-11-3-5-12(18)6-4-11/h2-7,14,18H,8-9,16H2,1H3,(H,17,19)/t14-/m0/s1. The van der Waals surface area contributed by atoms with Crippen molar-refractivity contribution in [2.24, 2.45) is 5.73 Å². The van der Waals surface area contributed by atoms with Crippen molar-refractivity contribution in [3.8, 4) is 5.75 Å². The summed E-state index contributed by atoms with van der Waals surface area (Å²) < 4.78 is 0. The topological polar surface area (TPSA) is 75.4 Å². The fourth-order valence-corrected chi connectivity index (χ4v) is 2.69. The van der Waals surface area contributed by atoms with Crippen molar-refractivity contribution in [2.75, 3.05) is 0 Å². The van der Waals surface area contributed by atoms with E-state index >= 15 is 0 Å².